The summed E-state index contributed by atoms with van der Waals surface area (Å²) in [5.74, 6) is 0. The van der Waals surface area contributed by atoms with Gasteiger partial charge in [0.25, 0.3) is 0 Å². The van der Waals surface area contributed by atoms with E-state index < -0.39 is 14.2 Å². The summed E-state index contributed by atoms with van der Waals surface area (Å²) < 4.78 is 0.570. The second-order valence-corrected chi connectivity index (χ2v) is 11.8. The normalized spacial score (nSPS) is 9.50. The van der Waals surface area contributed by atoms with Crippen molar-refractivity contribution < 1.29 is 0 Å². The molecule has 0 aromatic carbocycles. The molecule has 0 aliphatic rings. The molecule has 0 aromatic heterocycles. The molecule has 0 aromatic rings. The molecule has 0 saturated carbocycles. The zero-order chi connectivity index (χ0) is 5.15. The molecule has 0 rings (SSSR count). The van der Waals surface area contributed by atoms with Crippen LogP contribution in [0.2, 0.25) is 4.47 Å². The number of hydrogen-bond acceptors (Lipinski definition) is 0. The monoisotopic (exact) mass is 182 g/mol. The van der Waals surface area contributed by atoms with Gasteiger partial charge in [0.1, 0.15) is 0 Å². The van der Waals surface area contributed by atoms with E-state index in [2.05, 4.69) is 13.8 Å². The summed E-state index contributed by atoms with van der Waals surface area (Å²) in [5, 5.41) is 0. The summed E-state index contributed by atoms with van der Waals surface area (Å²) in [6, 6.07) is 0. The van der Waals surface area contributed by atoms with E-state index in [0.717, 1.165) is 0 Å². The first-order valence-corrected chi connectivity index (χ1v) is 9.69. The SMILES string of the molecule is C[CH](C)[Ga]([Cl])[Cl]. The first kappa shape index (κ1) is 7.22. The van der Waals surface area contributed by atoms with Crippen LogP contribution in [-0.4, -0.2) is 14.2 Å². The molecule has 0 radical (unpaired) electrons. The molecule has 0 amide bonds. The van der Waals surface area contributed by atoms with Crippen LogP contribution in [0.4, 0.5) is 0 Å². The first-order chi connectivity index (χ1) is 2.64. The van der Waals surface area contributed by atoms with Gasteiger partial charge >= 0.3 is 51.8 Å². The Morgan fingerprint density at radius 3 is 1.50 bits per heavy atom. The van der Waals surface area contributed by atoms with Crippen molar-refractivity contribution in [3.63, 3.8) is 0 Å². The quantitative estimate of drug-likeness (QED) is 0.548. The van der Waals surface area contributed by atoms with E-state index in [-0.39, 0.29) is 0 Å². The molecule has 6 heavy (non-hydrogen) atoms. The van der Waals surface area contributed by atoms with Crippen LogP contribution in [0.25, 0.3) is 0 Å². The molecule has 0 aliphatic carbocycles. The van der Waals surface area contributed by atoms with Gasteiger partial charge in [-0.3, -0.25) is 0 Å². The van der Waals surface area contributed by atoms with Crippen LogP contribution >= 0.6 is 19.3 Å². The van der Waals surface area contributed by atoms with E-state index in [1.54, 1.807) is 0 Å². The fraction of sp³-hybridized carbons (Fsp3) is 1.00. The molecule has 0 bridgehead atoms. The van der Waals surface area contributed by atoms with Gasteiger partial charge in [-0.2, -0.15) is 0 Å². The van der Waals surface area contributed by atoms with Crippen molar-refractivity contribution in [1.82, 2.24) is 0 Å². The molecule has 0 spiro atoms. The maximum absolute atomic E-state index is 5.57. The van der Waals surface area contributed by atoms with Gasteiger partial charge in [-0.05, 0) is 0 Å². The molecule has 0 nitrogen and oxygen atoms in total. The van der Waals surface area contributed by atoms with Gasteiger partial charge in [-0.25, -0.2) is 0 Å². The van der Waals surface area contributed by atoms with Crippen LogP contribution in [0.15, 0.2) is 0 Å². The Morgan fingerprint density at radius 2 is 1.50 bits per heavy atom. The van der Waals surface area contributed by atoms with Gasteiger partial charge in [0, 0.05) is 0 Å². The Hall–Kier alpha value is 1.22. The average molecular weight is 184 g/mol. The molecule has 3 heteroatoms. The Labute approximate surface area is 51.9 Å². The van der Waals surface area contributed by atoms with Crippen molar-refractivity contribution >= 4 is 33.5 Å². The van der Waals surface area contributed by atoms with Gasteiger partial charge in [0.05, 0.1) is 0 Å². The molecule has 0 N–H and O–H groups in total. The second-order valence-electron chi connectivity index (χ2n) is 1.58. The Kier molecular flexibility index (Phi) is 3.91. The van der Waals surface area contributed by atoms with Crippen molar-refractivity contribution in [3.05, 3.63) is 0 Å². The van der Waals surface area contributed by atoms with Crippen LogP contribution in [0, 0.1) is 0 Å². The zero-order valence-electron chi connectivity index (χ0n) is 3.91. The Bertz CT molecular complexity index is 29.8. The van der Waals surface area contributed by atoms with E-state index in [1.165, 1.54) is 0 Å². The number of rotatable bonds is 1. The third-order valence-corrected chi connectivity index (χ3v) is 7.86. The summed E-state index contributed by atoms with van der Waals surface area (Å²) >= 11 is -1.68. The topological polar surface area (TPSA) is 0 Å². The maximum atomic E-state index is 5.57. The van der Waals surface area contributed by atoms with Gasteiger partial charge in [0.2, 0.25) is 0 Å². The molecule has 36 valence electrons. The predicted molar refractivity (Wildman–Crippen MR) is 32.6 cm³/mol. The average Bonchev–Trinajstić information content (AvgIpc) is 1.36. The van der Waals surface area contributed by atoms with Gasteiger partial charge < -0.3 is 0 Å². The Balaban J connectivity index is 2.99. The summed E-state index contributed by atoms with van der Waals surface area (Å²) in [4.78, 5) is 0. The molecule has 0 aliphatic heterocycles. The molecule has 0 atom stereocenters. The van der Waals surface area contributed by atoms with Crippen LogP contribution in [0.5, 0.6) is 0 Å². The van der Waals surface area contributed by atoms with Crippen molar-refractivity contribution in [3.8, 4) is 0 Å². The molecule has 0 heterocycles. The molecular formula is C3H7Cl2Ga. The van der Waals surface area contributed by atoms with E-state index in [1.807, 2.05) is 0 Å². The standard InChI is InChI=1S/C3H7.2ClH.Ga/c1-3-2;;;/h3H,1-2H3;2*1H;/q;;;+2/p-2. The van der Waals surface area contributed by atoms with Crippen LogP contribution in [0.1, 0.15) is 13.8 Å². The van der Waals surface area contributed by atoms with Crippen molar-refractivity contribution in [2.45, 2.75) is 18.3 Å². The minimum absolute atomic E-state index is 0.570. The summed E-state index contributed by atoms with van der Waals surface area (Å²) in [5.41, 5.74) is 0. The van der Waals surface area contributed by atoms with E-state index in [4.69, 9.17) is 19.3 Å². The number of hydrogen-bond donors (Lipinski definition) is 0. The van der Waals surface area contributed by atoms with Gasteiger partial charge in [0.15, 0.2) is 0 Å². The van der Waals surface area contributed by atoms with Crippen LogP contribution < -0.4 is 0 Å². The minimum atomic E-state index is -1.68. The molecule has 0 saturated heterocycles. The Morgan fingerprint density at radius 1 is 1.33 bits per heavy atom. The summed E-state index contributed by atoms with van der Waals surface area (Å²) in [6.07, 6.45) is 0. The second kappa shape index (κ2) is 3.25. The summed E-state index contributed by atoms with van der Waals surface area (Å²) in [7, 11) is 11.1. The zero-order valence-corrected chi connectivity index (χ0v) is 7.85. The van der Waals surface area contributed by atoms with E-state index in [0.29, 0.717) is 4.47 Å². The first-order valence-electron chi connectivity index (χ1n) is 1.92. The predicted octanol–water partition coefficient (Wildman–Crippen LogP) is 2.36. The van der Waals surface area contributed by atoms with Crippen molar-refractivity contribution in [1.29, 1.82) is 0 Å². The van der Waals surface area contributed by atoms with Crippen molar-refractivity contribution in [2.24, 2.45) is 0 Å². The van der Waals surface area contributed by atoms with Crippen LogP contribution in [0.3, 0.4) is 0 Å². The molecule has 0 unspecified atom stereocenters. The van der Waals surface area contributed by atoms with Gasteiger partial charge in [-0.15, -0.1) is 0 Å². The molecule has 0 fully saturated rings. The fourth-order valence-electron chi connectivity index (χ4n) is 0. The third-order valence-electron chi connectivity index (χ3n) is 0.504. The molecular weight excluding hydrogens is 177 g/mol. The van der Waals surface area contributed by atoms with Crippen molar-refractivity contribution in [2.75, 3.05) is 0 Å². The third kappa shape index (κ3) is 3.41. The van der Waals surface area contributed by atoms with Crippen LogP contribution in [-0.2, 0) is 0 Å². The number of halogens is 2. The summed E-state index contributed by atoms with van der Waals surface area (Å²) in [6.45, 7) is 4.12. The van der Waals surface area contributed by atoms with E-state index in [9.17, 15) is 0 Å². The van der Waals surface area contributed by atoms with E-state index >= 15 is 0 Å². The fourth-order valence-corrected chi connectivity index (χ4v) is 0. The van der Waals surface area contributed by atoms with Gasteiger partial charge in [-0.1, -0.05) is 0 Å².